The van der Waals surface area contributed by atoms with Crippen molar-refractivity contribution in [2.45, 2.75) is 10.7 Å². The molecule has 25 heavy (non-hydrogen) atoms. The highest BCUT2D eigenvalue weighted by Gasteiger charge is 2.14. The highest BCUT2D eigenvalue weighted by molar-refractivity contribution is 7.99. The molecule has 1 heterocycles. The molecule has 0 aliphatic carbocycles. The Kier molecular flexibility index (Phi) is 6.93. The van der Waals surface area contributed by atoms with Gasteiger partial charge < -0.3 is 15.5 Å². The second-order valence-corrected chi connectivity index (χ2v) is 6.28. The van der Waals surface area contributed by atoms with E-state index in [0.717, 1.165) is 5.69 Å². The molecule has 0 atom stereocenters. The van der Waals surface area contributed by atoms with Crippen molar-refractivity contribution in [2.75, 3.05) is 37.4 Å². The maximum atomic E-state index is 12.6. The standard InChI is InChI=1S/C16H19F2N5OS/c1-23(2)11-9-14(22-21-10-11)19-7-8-20-15(24)12-5-3-4-6-13(12)25-16(17)18/h3-6,9-10,16H,7-8H2,1-2H3,(H,19,22)(H,20,24). The Labute approximate surface area is 149 Å². The van der Waals surface area contributed by atoms with E-state index in [1.165, 1.54) is 12.1 Å². The Bertz CT molecular complexity index is 714. The van der Waals surface area contributed by atoms with Gasteiger partial charge in [0.05, 0.1) is 17.4 Å². The third-order valence-corrected chi connectivity index (χ3v) is 4.01. The van der Waals surface area contributed by atoms with Crippen LogP contribution in [0.4, 0.5) is 20.3 Å². The minimum Gasteiger partial charge on any atom is -0.376 e. The molecule has 0 radical (unpaired) electrons. The van der Waals surface area contributed by atoms with Gasteiger partial charge in [0.25, 0.3) is 11.7 Å². The fourth-order valence-corrected chi connectivity index (χ4v) is 2.64. The van der Waals surface area contributed by atoms with Gasteiger partial charge in [0.1, 0.15) is 0 Å². The summed E-state index contributed by atoms with van der Waals surface area (Å²) in [5.74, 6) is -2.37. The first-order chi connectivity index (χ1) is 12.0. The van der Waals surface area contributed by atoms with Gasteiger partial charge in [0, 0.05) is 38.1 Å². The largest absolute Gasteiger partial charge is 0.376 e. The van der Waals surface area contributed by atoms with Gasteiger partial charge in [-0.15, -0.1) is 5.10 Å². The molecule has 2 N–H and O–H groups in total. The quantitative estimate of drug-likeness (QED) is 0.552. The van der Waals surface area contributed by atoms with E-state index >= 15 is 0 Å². The summed E-state index contributed by atoms with van der Waals surface area (Å²) in [6, 6.07) is 8.14. The van der Waals surface area contributed by atoms with Gasteiger partial charge in [-0.2, -0.15) is 13.9 Å². The van der Waals surface area contributed by atoms with Gasteiger partial charge in [-0.1, -0.05) is 23.9 Å². The first-order valence-corrected chi connectivity index (χ1v) is 8.41. The van der Waals surface area contributed by atoms with Gasteiger partial charge in [0.15, 0.2) is 5.82 Å². The molecule has 6 nitrogen and oxygen atoms in total. The number of hydrogen-bond donors (Lipinski definition) is 2. The number of rotatable bonds is 8. The smallest absolute Gasteiger partial charge is 0.288 e. The molecule has 0 fully saturated rings. The minimum atomic E-state index is -2.57. The number of carbonyl (C=O) groups excluding carboxylic acids is 1. The van der Waals surface area contributed by atoms with Gasteiger partial charge in [-0.3, -0.25) is 4.79 Å². The Morgan fingerprint density at radius 3 is 2.76 bits per heavy atom. The number of hydrogen-bond acceptors (Lipinski definition) is 6. The molecule has 1 aromatic carbocycles. The Hall–Kier alpha value is -2.42. The Morgan fingerprint density at radius 2 is 2.04 bits per heavy atom. The highest BCUT2D eigenvalue weighted by atomic mass is 32.2. The van der Waals surface area contributed by atoms with Crippen molar-refractivity contribution in [3.8, 4) is 0 Å². The zero-order valence-corrected chi connectivity index (χ0v) is 14.7. The summed E-state index contributed by atoms with van der Waals surface area (Å²) in [5, 5.41) is 13.6. The maximum Gasteiger partial charge on any atom is 0.288 e. The van der Waals surface area contributed by atoms with Crippen molar-refractivity contribution in [2.24, 2.45) is 0 Å². The van der Waals surface area contributed by atoms with E-state index < -0.39 is 11.7 Å². The summed E-state index contributed by atoms with van der Waals surface area (Å²) in [5.41, 5.74) is 1.14. The van der Waals surface area contributed by atoms with Crippen LogP contribution in [0.3, 0.4) is 0 Å². The van der Waals surface area contributed by atoms with Crippen molar-refractivity contribution in [3.05, 3.63) is 42.1 Å². The van der Waals surface area contributed by atoms with Crippen LogP contribution < -0.4 is 15.5 Å². The van der Waals surface area contributed by atoms with Gasteiger partial charge in [-0.25, -0.2) is 0 Å². The molecule has 0 aliphatic rings. The van der Waals surface area contributed by atoms with Crippen molar-refractivity contribution >= 4 is 29.2 Å². The number of anilines is 2. The van der Waals surface area contributed by atoms with Crippen molar-refractivity contribution in [1.29, 1.82) is 0 Å². The van der Waals surface area contributed by atoms with Crippen LogP contribution in [0.1, 0.15) is 10.4 Å². The van der Waals surface area contributed by atoms with E-state index in [9.17, 15) is 13.6 Å². The average molecular weight is 367 g/mol. The molecule has 2 rings (SSSR count). The lowest BCUT2D eigenvalue weighted by Crippen LogP contribution is -2.29. The van der Waals surface area contributed by atoms with Gasteiger partial charge in [-0.05, 0) is 12.1 Å². The van der Waals surface area contributed by atoms with E-state index in [4.69, 9.17) is 0 Å². The van der Waals surface area contributed by atoms with E-state index in [-0.39, 0.29) is 10.5 Å². The second-order valence-electron chi connectivity index (χ2n) is 5.25. The topological polar surface area (TPSA) is 70.2 Å². The summed E-state index contributed by atoms with van der Waals surface area (Å²) in [4.78, 5) is 14.3. The summed E-state index contributed by atoms with van der Waals surface area (Å²) in [6.45, 7) is 0.752. The fourth-order valence-electron chi connectivity index (χ4n) is 2.00. The molecule has 1 amide bonds. The zero-order valence-electron chi connectivity index (χ0n) is 13.9. The Morgan fingerprint density at radius 1 is 1.28 bits per heavy atom. The van der Waals surface area contributed by atoms with Gasteiger partial charge in [0.2, 0.25) is 0 Å². The van der Waals surface area contributed by atoms with Gasteiger partial charge >= 0.3 is 0 Å². The maximum absolute atomic E-state index is 12.6. The number of benzene rings is 1. The van der Waals surface area contributed by atoms with Crippen LogP contribution in [0.2, 0.25) is 0 Å². The number of nitrogens with one attached hydrogen (secondary N) is 2. The summed E-state index contributed by atoms with van der Waals surface area (Å²) in [6.07, 6.45) is 1.64. The van der Waals surface area contributed by atoms with E-state index in [1.807, 2.05) is 25.1 Å². The lowest BCUT2D eigenvalue weighted by molar-refractivity contribution is 0.0952. The zero-order chi connectivity index (χ0) is 18.2. The summed E-state index contributed by atoms with van der Waals surface area (Å²) >= 11 is 0.361. The molecule has 134 valence electrons. The molecule has 0 saturated carbocycles. The highest BCUT2D eigenvalue weighted by Crippen LogP contribution is 2.28. The molecule has 9 heteroatoms. The molecule has 1 aromatic heterocycles. The van der Waals surface area contributed by atoms with E-state index in [1.54, 1.807) is 18.3 Å². The van der Waals surface area contributed by atoms with Crippen LogP contribution in [0, 0.1) is 0 Å². The first kappa shape index (κ1) is 18.9. The van der Waals surface area contributed by atoms with Crippen LogP contribution in [-0.2, 0) is 0 Å². The van der Waals surface area contributed by atoms with Crippen LogP contribution in [0.15, 0.2) is 41.4 Å². The SMILES string of the molecule is CN(C)c1cnnc(NCCNC(=O)c2ccccc2SC(F)F)c1. The minimum absolute atomic E-state index is 0.238. The number of aromatic nitrogens is 2. The number of alkyl halides is 2. The third kappa shape index (κ3) is 5.86. The number of amides is 1. The monoisotopic (exact) mass is 367 g/mol. The summed E-state index contributed by atoms with van der Waals surface area (Å²) in [7, 11) is 3.80. The number of nitrogens with zero attached hydrogens (tertiary/aromatic N) is 3. The number of halogens is 2. The lowest BCUT2D eigenvalue weighted by Gasteiger charge is -2.13. The van der Waals surface area contributed by atoms with Crippen molar-refractivity contribution in [3.63, 3.8) is 0 Å². The predicted molar refractivity (Wildman–Crippen MR) is 95.5 cm³/mol. The third-order valence-electron chi connectivity index (χ3n) is 3.22. The molecule has 0 saturated heterocycles. The van der Waals surface area contributed by atoms with Crippen LogP contribution in [0.25, 0.3) is 0 Å². The summed E-state index contributed by atoms with van der Waals surface area (Å²) < 4.78 is 25.1. The number of thioether (sulfide) groups is 1. The number of carbonyl (C=O) groups is 1. The Balaban J connectivity index is 1.86. The molecule has 0 unspecified atom stereocenters. The van der Waals surface area contributed by atoms with Crippen LogP contribution >= 0.6 is 11.8 Å². The van der Waals surface area contributed by atoms with Crippen LogP contribution in [-0.4, -0.2) is 49.0 Å². The predicted octanol–water partition coefficient (Wildman–Crippen LogP) is 2.70. The van der Waals surface area contributed by atoms with Crippen molar-refractivity contribution in [1.82, 2.24) is 15.5 Å². The van der Waals surface area contributed by atoms with Crippen LogP contribution in [0.5, 0.6) is 0 Å². The normalized spacial score (nSPS) is 10.6. The molecule has 0 aliphatic heterocycles. The first-order valence-electron chi connectivity index (χ1n) is 7.53. The molecule has 0 bridgehead atoms. The molecular formula is C16H19F2N5OS. The van der Waals surface area contributed by atoms with E-state index in [2.05, 4.69) is 20.8 Å². The lowest BCUT2D eigenvalue weighted by atomic mass is 10.2. The molecule has 2 aromatic rings. The molecule has 0 spiro atoms. The second kappa shape index (κ2) is 9.16. The van der Waals surface area contributed by atoms with Crippen molar-refractivity contribution < 1.29 is 13.6 Å². The fraction of sp³-hybridized carbons (Fsp3) is 0.312. The molecular weight excluding hydrogens is 348 g/mol. The van der Waals surface area contributed by atoms with E-state index in [0.29, 0.717) is 30.7 Å². The average Bonchev–Trinajstić information content (AvgIpc) is 2.58.